The van der Waals surface area contributed by atoms with Crippen molar-refractivity contribution in [3.63, 3.8) is 0 Å². The molecule has 90 valence electrons. The highest BCUT2D eigenvalue weighted by molar-refractivity contribution is 5.17. The van der Waals surface area contributed by atoms with Crippen LogP contribution in [0.4, 0.5) is 8.78 Å². The molecule has 0 unspecified atom stereocenters. The van der Waals surface area contributed by atoms with Crippen LogP contribution < -0.4 is 0 Å². The number of likely N-dealkylation sites (tertiary alicyclic amines) is 1. The minimum absolute atomic E-state index is 0.0568. The van der Waals surface area contributed by atoms with Gasteiger partial charge in [-0.15, -0.1) is 0 Å². The highest BCUT2D eigenvalue weighted by atomic mass is 19.3. The highest BCUT2D eigenvalue weighted by Gasteiger charge is 2.36. The Morgan fingerprint density at radius 2 is 1.80 bits per heavy atom. The van der Waals surface area contributed by atoms with Crippen LogP contribution in [0.25, 0.3) is 0 Å². The molecule has 1 aliphatic heterocycles. The van der Waals surface area contributed by atoms with Gasteiger partial charge in [0.05, 0.1) is 0 Å². The Hall–Kier alpha value is -0.440. The second-order valence-electron chi connectivity index (χ2n) is 4.45. The zero-order valence-electron chi connectivity index (χ0n) is 10.5. The first kappa shape index (κ1) is 14.6. The average Bonchev–Trinajstić information content (AvgIpc) is 2.46. The molecule has 15 heavy (non-hydrogen) atoms. The number of likely N-dealkylation sites (N-methyl/N-ethyl adjacent to an activating group) is 1. The van der Waals surface area contributed by atoms with Gasteiger partial charge in [0.2, 0.25) is 0 Å². The van der Waals surface area contributed by atoms with E-state index < -0.39 is 6.08 Å². The quantitative estimate of drug-likeness (QED) is 0.643. The number of hydrogen-bond acceptors (Lipinski definition) is 1. The molecule has 0 spiro atoms. The minimum atomic E-state index is -1.49. The lowest BCUT2D eigenvalue weighted by Crippen LogP contribution is -2.36. The van der Waals surface area contributed by atoms with Crippen molar-refractivity contribution in [1.82, 2.24) is 4.90 Å². The second kappa shape index (κ2) is 6.21. The summed E-state index contributed by atoms with van der Waals surface area (Å²) in [6.07, 6.45) is 1.20. The number of nitrogens with zero attached hydrogens (tertiary/aromatic N) is 1. The summed E-state index contributed by atoms with van der Waals surface area (Å²) >= 11 is 0. The first-order valence-electron chi connectivity index (χ1n) is 5.65. The van der Waals surface area contributed by atoms with Crippen LogP contribution in [0.5, 0.6) is 0 Å². The van der Waals surface area contributed by atoms with Gasteiger partial charge in [0, 0.05) is 17.7 Å². The third kappa shape index (κ3) is 3.90. The van der Waals surface area contributed by atoms with Gasteiger partial charge in [-0.1, -0.05) is 27.2 Å². The highest BCUT2D eigenvalue weighted by Crippen LogP contribution is 2.35. The summed E-state index contributed by atoms with van der Waals surface area (Å²) in [5.41, 5.74) is 0.250. The van der Waals surface area contributed by atoms with E-state index >= 15 is 0 Å². The maximum atomic E-state index is 12.2. The number of halogens is 2. The molecule has 1 rings (SSSR count). The van der Waals surface area contributed by atoms with E-state index in [0.29, 0.717) is 18.5 Å². The first-order chi connectivity index (χ1) is 6.91. The molecule has 1 saturated heterocycles. The third-order valence-corrected chi connectivity index (χ3v) is 2.97. The largest absolute Gasteiger partial charge is 0.297 e. The van der Waals surface area contributed by atoms with Gasteiger partial charge in [-0.05, 0) is 26.8 Å². The molecule has 1 aliphatic rings. The average molecular weight is 219 g/mol. The van der Waals surface area contributed by atoms with Crippen LogP contribution in [0.3, 0.4) is 0 Å². The molecular weight excluding hydrogens is 196 g/mol. The molecule has 0 aliphatic carbocycles. The lowest BCUT2D eigenvalue weighted by Gasteiger charge is -2.30. The predicted octanol–water partition coefficient (Wildman–Crippen LogP) is 4.06. The van der Waals surface area contributed by atoms with Crippen LogP contribution in [0.1, 0.15) is 47.0 Å². The Bertz CT molecular complexity index is 222. The van der Waals surface area contributed by atoms with Crippen molar-refractivity contribution < 1.29 is 8.78 Å². The van der Waals surface area contributed by atoms with Crippen molar-refractivity contribution in [2.75, 3.05) is 13.6 Å². The van der Waals surface area contributed by atoms with Gasteiger partial charge in [-0.3, -0.25) is 4.90 Å². The van der Waals surface area contributed by atoms with Crippen molar-refractivity contribution >= 4 is 0 Å². The van der Waals surface area contributed by atoms with Crippen molar-refractivity contribution in [2.24, 2.45) is 0 Å². The molecule has 1 fully saturated rings. The van der Waals surface area contributed by atoms with Crippen molar-refractivity contribution in [1.29, 1.82) is 0 Å². The van der Waals surface area contributed by atoms with Crippen LogP contribution in [0.15, 0.2) is 11.7 Å². The Morgan fingerprint density at radius 3 is 2.00 bits per heavy atom. The fourth-order valence-corrected chi connectivity index (χ4v) is 1.65. The van der Waals surface area contributed by atoms with Gasteiger partial charge < -0.3 is 0 Å². The van der Waals surface area contributed by atoms with Crippen LogP contribution in [0.2, 0.25) is 0 Å². The molecule has 0 aromatic heterocycles. The molecule has 0 amide bonds. The van der Waals surface area contributed by atoms with Crippen molar-refractivity contribution in [3.8, 4) is 0 Å². The van der Waals surface area contributed by atoms with E-state index in [1.54, 1.807) is 0 Å². The van der Waals surface area contributed by atoms with Gasteiger partial charge in [-0.2, -0.15) is 8.78 Å². The van der Waals surface area contributed by atoms with Crippen LogP contribution in [-0.4, -0.2) is 24.0 Å². The number of hydrogen-bond donors (Lipinski definition) is 0. The van der Waals surface area contributed by atoms with E-state index in [4.69, 9.17) is 0 Å². The van der Waals surface area contributed by atoms with E-state index in [9.17, 15) is 8.78 Å². The standard InChI is InChI=1S/C9H15F2N.C3H8/c1-4-9(2)5-7(8(10)11)6-12(9)3;1-3-2/h4-6H2,1-3H3;3H2,1-2H3/t9-;/m1./s1. The molecule has 0 aromatic rings. The van der Waals surface area contributed by atoms with Gasteiger partial charge in [-0.25, -0.2) is 0 Å². The SMILES string of the molecule is CCC.CC[C@]1(C)CC(=C(F)F)CN1C. The summed E-state index contributed by atoms with van der Waals surface area (Å²) in [7, 11) is 1.90. The summed E-state index contributed by atoms with van der Waals surface area (Å²) in [6.45, 7) is 8.74. The molecule has 1 nitrogen and oxygen atoms in total. The molecular formula is C12H23F2N. The Balaban J connectivity index is 0.000000583. The van der Waals surface area contributed by atoms with Gasteiger partial charge in [0.1, 0.15) is 0 Å². The molecule has 0 aromatic carbocycles. The van der Waals surface area contributed by atoms with Gasteiger partial charge in [0.15, 0.2) is 0 Å². The lowest BCUT2D eigenvalue weighted by molar-refractivity contribution is 0.189. The zero-order valence-corrected chi connectivity index (χ0v) is 10.5. The molecule has 0 radical (unpaired) electrons. The first-order valence-corrected chi connectivity index (χ1v) is 5.65. The van der Waals surface area contributed by atoms with Crippen LogP contribution >= 0.6 is 0 Å². The summed E-state index contributed by atoms with van der Waals surface area (Å²) < 4.78 is 24.5. The fourth-order valence-electron chi connectivity index (χ4n) is 1.65. The molecule has 3 heteroatoms. The Labute approximate surface area is 92.2 Å². The molecule has 0 N–H and O–H groups in total. The van der Waals surface area contributed by atoms with E-state index in [1.165, 1.54) is 6.42 Å². The maximum Gasteiger partial charge on any atom is 0.270 e. The minimum Gasteiger partial charge on any atom is -0.297 e. The smallest absolute Gasteiger partial charge is 0.270 e. The van der Waals surface area contributed by atoms with Crippen LogP contribution in [0, 0.1) is 0 Å². The summed E-state index contributed by atoms with van der Waals surface area (Å²) in [4.78, 5) is 2.00. The van der Waals surface area contributed by atoms with E-state index in [1.807, 2.05) is 25.8 Å². The summed E-state index contributed by atoms with van der Waals surface area (Å²) in [5.74, 6) is 0. The van der Waals surface area contributed by atoms with E-state index in [-0.39, 0.29) is 5.54 Å². The Morgan fingerprint density at radius 1 is 1.33 bits per heavy atom. The van der Waals surface area contributed by atoms with E-state index in [2.05, 4.69) is 13.8 Å². The molecule has 1 heterocycles. The molecule has 0 bridgehead atoms. The second-order valence-corrected chi connectivity index (χ2v) is 4.45. The number of rotatable bonds is 1. The fraction of sp³-hybridized carbons (Fsp3) is 0.833. The topological polar surface area (TPSA) is 3.24 Å². The zero-order chi connectivity index (χ0) is 12.1. The summed E-state index contributed by atoms with van der Waals surface area (Å²) in [5, 5.41) is 0. The van der Waals surface area contributed by atoms with Crippen molar-refractivity contribution in [3.05, 3.63) is 11.7 Å². The third-order valence-electron chi connectivity index (χ3n) is 2.97. The maximum absolute atomic E-state index is 12.2. The van der Waals surface area contributed by atoms with Gasteiger partial charge >= 0.3 is 0 Å². The lowest BCUT2D eigenvalue weighted by atomic mass is 9.95. The van der Waals surface area contributed by atoms with Crippen molar-refractivity contribution in [2.45, 2.75) is 52.5 Å². The summed E-state index contributed by atoms with van der Waals surface area (Å²) in [6, 6.07) is 0. The normalized spacial score (nSPS) is 26.2. The molecule has 0 saturated carbocycles. The predicted molar refractivity (Wildman–Crippen MR) is 61.2 cm³/mol. The molecule has 1 atom stereocenters. The van der Waals surface area contributed by atoms with Gasteiger partial charge in [0.25, 0.3) is 6.08 Å². The van der Waals surface area contributed by atoms with Crippen LogP contribution in [-0.2, 0) is 0 Å². The van der Waals surface area contributed by atoms with E-state index in [0.717, 1.165) is 6.42 Å². The monoisotopic (exact) mass is 219 g/mol. The Kier molecular flexibility index (Phi) is 6.03.